The van der Waals surface area contributed by atoms with Gasteiger partial charge in [0.05, 0.1) is 11.1 Å². The molecule has 0 radical (unpaired) electrons. The van der Waals surface area contributed by atoms with Crippen molar-refractivity contribution < 1.29 is 9.50 Å². The number of hydrogen-bond donors (Lipinski definition) is 2. The second-order valence-corrected chi connectivity index (χ2v) is 9.68. The predicted molar refractivity (Wildman–Crippen MR) is 129 cm³/mol. The lowest BCUT2D eigenvalue weighted by atomic mass is 9.84. The fraction of sp³-hybridized carbons (Fsp3) is 0.346. The van der Waals surface area contributed by atoms with Gasteiger partial charge in [-0.15, -0.1) is 0 Å². The van der Waals surface area contributed by atoms with Crippen molar-refractivity contribution in [3.8, 4) is 5.82 Å². The van der Waals surface area contributed by atoms with Crippen LogP contribution in [-0.2, 0) is 25.0 Å². The lowest BCUT2D eigenvalue weighted by molar-refractivity contribution is 0.0339. The Kier molecular flexibility index (Phi) is 4.89. The maximum Gasteiger partial charge on any atom is 0.229 e. The first-order valence-electron chi connectivity index (χ1n) is 11.7. The normalized spacial score (nSPS) is 20.2. The van der Waals surface area contributed by atoms with Crippen LogP contribution in [0.3, 0.4) is 0 Å². The number of nitrogens with one attached hydrogen (secondary N) is 1. The molecule has 7 nitrogen and oxygen atoms in total. The van der Waals surface area contributed by atoms with E-state index in [0.29, 0.717) is 34.9 Å². The number of benzene rings is 1. The number of hydrogen-bond acceptors (Lipinski definition) is 6. The lowest BCUT2D eigenvalue weighted by Gasteiger charge is -2.30. The summed E-state index contributed by atoms with van der Waals surface area (Å²) in [5, 5.41) is 14.4. The monoisotopic (exact) mass is 458 g/mol. The molecule has 0 spiro atoms. The molecule has 4 aromatic rings. The number of anilines is 2. The number of rotatable bonds is 3. The Hall–Kier alpha value is -3.36. The smallest absolute Gasteiger partial charge is 0.229 e. The first kappa shape index (κ1) is 21.2. The molecule has 1 atom stereocenters. The molecule has 1 aliphatic heterocycles. The van der Waals surface area contributed by atoms with Crippen LogP contribution in [0.25, 0.3) is 16.9 Å². The molecule has 2 N–H and O–H groups in total. The predicted octanol–water partition coefficient (Wildman–Crippen LogP) is 4.23. The summed E-state index contributed by atoms with van der Waals surface area (Å²) in [4.78, 5) is 16.0. The summed E-state index contributed by atoms with van der Waals surface area (Å²) in [7, 11) is 2.12. The molecule has 1 aromatic carbocycles. The minimum absolute atomic E-state index is 0.323. The van der Waals surface area contributed by atoms with Crippen LogP contribution < -0.4 is 5.32 Å². The Balaban J connectivity index is 1.38. The number of aryl methyl sites for hydroxylation is 1. The number of fused-ring (bicyclic) bond motifs is 3. The number of pyridine rings is 1. The molecule has 8 heteroatoms. The van der Waals surface area contributed by atoms with Crippen LogP contribution in [0.15, 0.2) is 42.7 Å². The molecule has 0 saturated carbocycles. The van der Waals surface area contributed by atoms with Crippen LogP contribution >= 0.6 is 0 Å². The minimum atomic E-state index is -0.993. The number of nitrogens with zero attached hydrogens (tertiary/aromatic N) is 5. The topological polar surface area (TPSA) is 79.1 Å². The molecular weight excluding hydrogens is 431 g/mol. The molecule has 0 fully saturated rings. The third-order valence-electron chi connectivity index (χ3n) is 6.99. The molecular formula is C26H27FN6O. The van der Waals surface area contributed by atoms with E-state index in [1.807, 2.05) is 18.2 Å². The van der Waals surface area contributed by atoms with Gasteiger partial charge >= 0.3 is 0 Å². The zero-order valence-corrected chi connectivity index (χ0v) is 19.3. The second-order valence-electron chi connectivity index (χ2n) is 9.68. The molecule has 4 heterocycles. The van der Waals surface area contributed by atoms with E-state index in [0.717, 1.165) is 43.6 Å². The molecule has 34 heavy (non-hydrogen) atoms. The second kappa shape index (κ2) is 7.85. The highest BCUT2D eigenvalue weighted by atomic mass is 19.1. The number of aromatic nitrogens is 4. The van der Waals surface area contributed by atoms with Gasteiger partial charge in [0.25, 0.3) is 0 Å². The number of halogens is 1. The van der Waals surface area contributed by atoms with Crippen molar-refractivity contribution >= 4 is 22.7 Å². The van der Waals surface area contributed by atoms with E-state index in [9.17, 15) is 9.50 Å². The molecule has 0 amide bonds. The average molecular weight is 459 g/mol. The van der Waals surface area contributed by atoms with Crippen molar-refractivity contribution in [2.24, 2.45) is 0 Å². The van der Waals surface area contributed by atoms with Crippen LogP contribution in [0.1, 0.15) is 42.1 Å². The maximum absolute atomic E-state index is 14.8. The largest absolute Gasteiger partial charge is 0.384 e. The van der Waals surface area contributed by atoms with E-state index in [1.54, 1.807) is 11.5 Å². The third-order valence-corrected chi connectivity index (χ3v) is 6.99. The standard InChI is InChI=1S/C26H27FN6O/c1-26(34)10-3-4-17-6-8-22(30-23(17)26)33-15-21(27)20-13-28-25(31-24(20)33)29-19-7-5-16-9-11-32(2)14-18(16)12-19/h5-8,12-13,15,34H,3-4,9-11,14H2,1-2H3,(H,28,29,31)/t26-/m0/s1. The fourth-order valence-electron chi connectivity index (χ4n) is 5.13. The number of likely N-dealkylation sites (N-methyl/N-ethyl adjacent to an activating group) is 1. The first-order valence-corrected chi connectivity index (χ1v) is 11.7. The SMILES string of the molecule is CN1CCc2ccc(Nc3ncc4c(F)cn(-c5ccc6c(n5)[C@@](C)(O)CCC6)c4n3)cc2C1. The summed E-state index contributed by atoms with van der Waals surface area (Å²) in [5.74, 6) is 0.502. The van der Waals surface area contributed by atoms with Crippen molar-refractivity contribution in [1.82, 2.24) is 24.4 Å². The van der Waals surface area contributed by atoms with Crippen LogP contribution in [-0.4, -0.2) is 43.1 Å². The van der Waals surface area contributed by atoms with Crippen molar-refractivity contribution in [1.29, 1.82) is 0 Å². The Labute approximate surface area is 197 Å². The summed E-state index contributed by atoms with van der Waals surface area (Å²) in [6.45, 7) is 3.76. The van der Waals surface area contributed by atoms with Gasteiger partial charge in [-0.3, -0.25) is 4.57 Å². The van der Waals surface area contributed by atoms with Gasteiger partial charge in [0.2, 0.25) is 5.95 Å². The molecule has 0 bridgehead atoms. The zero-order valence-electron chi connectivity index (χ0n) is 19.3. The zero-order chi connectivity index (χ0) is 23.4. The Morgan fingerprint density at radius 1 is 1.09 bits per heavy atom. The fourth-order valence-corrected chi connectivity index (χ4v) is 5.13. The highest BCUT2D eigenvalue weighted by Crippen LogP contribution is 2.34. The van der Waals surface area contributed by atoms with E-state index in [4.69, 9.17) is 4.98 Å². The van der Waals surface area contributed by atoms with Gasteiger partial charge in [0, 0.05) is 31.2 Å². The van der Waals surface area contributed by atoms with Crippen LogP contribution in [0.5, 0.6) is 0 Å². The molecule has 2 aliphatic rings. The van der Waals surface area contributed by atoms with Crippen molar-refractivity contribution in [3.63, 3.8) is 0 Å². The van der Waals surface area contributed by atoms with Gasteiger partial charge in [0.1, 0.15) is 11.4 Å². The van der Waals surface area contributed by atoms with E-state index in [1.165, 1.54) is 23.5 Å². The molecule has 1 aliphatic carbocycles. The van der Waals surface area contributed by atoms with Crippen LogP contribution in [0, 0.1) is 5.82 Å². The number of aliphatic hydroxyl groups is 1. The van der Waals surface area contributed by atoms with E-state index in [-0.39, 0.29) is 0 Å². The molecule has 3 aromatic heterocycles. The van der Waals surface area contributed by atoms with Gasteiger partial charge in [0.15, 0.2) is 11.5 Å². The molecule has 0 unspecified atom stereocenters. The summed E-state index contributed by atoms with van der Waals surface area (Å²) in [5.41, 5.74) is 4.68. The average Bonchev–Trinajstić information content (AvgIpc) is 3.14. The van der Waals surface area contributed by atoms with Crippen molar-refractivity contribution in [2.45, 2.75) is 44.8 Å². The quantitative estimate of drug-likeness (QED) is 0.478. The lowest BCUT2D eigenvalue weighted by Crippen LogP contribution is -2.28. The Bertz CT molecular complexity index is 1410. The third kappa shape index (κ3) is 3.63. The first-order chi connectivity index (χ1) is 16.4. The Morgan fingerprint density at radius 2 is 1.94 bits per heavy atom. The molecule has 6 rings (SSSR count). The van der Waals surface area contributed by atoms with Crippen LogP contribution in [0.2, 0.25) is 0 Å². The van der Waals surface area contributed by atoms with Gasteiger partial charge in [-0.25, -0.2) is 14.4 Å². The van der Waals surface area contributed by atoms with E-state index >= 15 is 0 Å². The van der Waals surface area contributed by atoms with Gasteiger partial charge in [-0.05, 0) is 74.5 Å². The summed E-state index contributed by atoms with van der Waals surface area (Å²) in [6.07, 6.45) is 6.38. The van der Waals surface area contributed by atoms with Crippen molar-refractivity contribution in [2.75, 3.05) is 18.9 Å². The van der Waals surface area contributed by atoms with Gasteiger partial charge in [-0.2, -0.15) is 4.98 Å². The van der Waals surface area contributed by atoms with Crippen LogP contribution in [0.4, 0.5) is 16.0 Å². The Morgan fingerprint density at radius 3 is 2.82 bits per heavy atom. The summed E-state index contributed by atoms with van der Waals surface area (Å²) in [6, 6.07) is 10.1. The maximum atomic E-state index is 14.8. The minimum Gasteiger partial charge on any atom is -0.384 e. The molecule has 174 valence electrons. The highest BCUT2D eigenvalue weighted by molar-refractivity contribution is 5.79. The van der Waals surface area contributed by atoms with E-state index in [2.05, 4.69) is 39.4 Å². The summed E-state index contributed by atoms with van der Waals surface area (Å²) >= 11 is 0. The van der Waals surface area contributed by atoms with E-state index < -0.39 is 11.4 Å². The highest BCUT2D eigenvalue weighted by Gasteiger charge is 2.31. The van der Waals surface area contributed by atoms with Gasteiger partial charge < -0.3 is 15.3 Å². The molecule has 0 saturated heterocycles. The summed E-state index contributed by atoms with van der Waals surface area (Å²) < 4.78 is 16.4. The van der Waals surface area contributed by atoms with Gasteiger partial charge in [-0.1, -0.05) is 12.1 Å². The van der Waals surface area contributed by atoms with Crippen molar-refractivity contribution in [3.05, 3.63) is 70.9 Å².